The second-order valence-electron chi connectivity index (χ2n) is 7.27. The summed E-state index contributed by atoms with van der Waals surface area (Å²) in [7, 11) is 3.91. The van der Waals surface area contributed by atoms with Gasteiger partial charge in [0.15, 0.2) is 5.96 Å². The SMILES string of the molecule is CN=C(NCc1ccnc(N2CCN(C)CC2)c1)NC(C)c1ccc(Cl)cc1Cl.I. The summed E-state index contributed by atoms with van der Waals surface area (Å²) in [6, 6.07) is 9.69. The van der Waals surface area contributed by atoms with E-state index in [1.807, 2.05) is 31.3 Å². The van der Waals surface area contributed by atoms with Crippen LogP contribution in [0.15, 0.2) is 41.5 Å². The lowest BCUT2D eigenvalue weighted by atomic mass is 10.1. The van der Waals surface area contributed by atoms with Crippen LogP contribution in [0.5, 0.6) is 0 Å². The highest BCUT2D eigenvalue weighted by atomic mass is 127. The van der Waals surface area contributed by atoms with Gasteiger partial charge in [-0.3, -0.25) is 4.99 Å². The molecule has 30 heavy (non-hydrogen) atoms. The van der Waals surface area contributed by atoms with Gasteiger partial charge in [-0.25, -0.2) is 4.98 Å². The molecule has 0 spiro atoms. The fraction of sp³-hybridized carbons (Fsp3) is 0.429. The molecule has 0 saturated carbocycles. The average Bonchev–Trinajstić information content (AvgIpc) is 2.71. The van der Waals surface area contributed by atoms with Crippen molar-refractivity contribution in [3.05, 3.63) is 57.7 Å². The van der Waals surface area contributed by atoms with Crippen molar-refractivity contribution in [3.8, 4) is 0 Å². The lowest BCUT2D eigenvalue weighted by Crippen LogP contribution is -2.44. The lowest BCUT2D eigenvalue weighted by Gasteiger charge is -2.33. The van der Waals surface area contributed by atoms with Crippen molar-refractivity contribution in [1.29, 1.82) is 0 Å². The maximum absolute atomic E-state index is 6.32. The molecule has 1 aromatic carbocycles. The van der Waals surface area contributed by atoms with E-state index in [4.69, 9.17) is 23.2 Å². The summed E-state index contributed by atoms with van der Waals surface area (Å²) in [5.41, 5.74) is 2.13. The van der Waals surface area contributed by atoms with E-state index in [0.717, 1.165) is 43.1 Å². The van der Waals surface area contributed by atoms with Crippen LogP contribution in [-0.4, -0.2) is 56.1 Å². The van der Waals surface area contributed by atoms with Crippen molar-refractivity contribution in [2.24, 2.45) is 4.99 Å². The highest BCUT2D eigenvalue weighted by Gasteiger charge is 2.16. The maximum atomic E-state index is 6.32. The maximum Gasteiger partial charge on any atom is 0.191 e. The molecule has 0 bridgehead atoms. The zero-order valence-corrected chi connectivity index (χ0v) is 21.4. The molecule has 1 atom stereocenters. The summed E-state index contributed by atoms with van der Waals surface area (Å²) in [4.78, 5) is 13.6. The zero-order valence-electron chi connectivity index (χ0n) is 17.5. The van der Waals surface area contributed by atoms with Crippen LogP contribution in [0.3, 0.4) is 0 Å². The number of guanidine groups is 1. The number of aromatic nitrogens is 1. The van der Waals surface area contributed by atoms with Crippen molar-refractivity contribution >= 4 is 59.0 Å². The third kappa shape index (κ3) is 6.87. The Hall–Kier alpha value is -1.29. The smallest absolute Gasteiger partial charge is 0.191 e. The highest BCUT2D eigenvalue weighted by Crippen LogP contribution is 2.26. The van der Waals surface area contributed by atoms with Crippen molar-refractivity contribution in [2.45, 2.75) is 19.5 Å². The summed E-state index contributed by atoms with van der Waals surface area (Å²) < 4.78 is 0. The van der Waals surface area contributed by atoms with Gasteiger partial charge in [-0.15, -0.1) is 24.0 Å². The summed E-state index contributed by atoms with van der Waals surface area (Å²) in [6.45, 7) is 6.83. The van der Waals surface area contributed by atoms with Crippen LogP contribution in [-0.2, 0) is 6.54 Å². The van der Waals surface area contributed by atoms with Crippen molar-refractivity contribution < 1.29 is 0 Å². The molecule has 6 nitrogen and oxygen atoms in total. The minimum absolute atomic E-state index is 0. The number of aliphatic imine (C=N–C) groups is 1. The average molecular weight is 563 g/mol. The van der Waals surface area contributed by atoms with Crippen molar-refractivity contribution in [3.63, 3.8) is 0 Å². The summed E-state index contributed by atoms with van der Waals surface area (Å²) in [5, 5.41) is 8.01. The van der Waals surface area contributed by atoms with Crippen molar-refractivity contribution in [1.82, 2.24) is 20.5 Å². The second kappa shape index (κ2) is 11.9. The molecule has 2 N–H and O–H groups in total. The van der Waals surface area contributed by atoms with E-state index in [9.17, 15) is 0 Å². The van der Waals surface area contributed by atoms with Crippen LogP contribution < -0.4 is 15.5 Å². The minimum Gasteiger partial charge on any atom is -0.354 e. The van der Waals surface area contributed by atoms with Gasteiger partial charge < -0.3 is 20.4 Å². The number of likely N-dealkylation sites (N-methyl/N-ethyl adjacent to an activating group) is 1. The van der Waals surface area contributed by atoms with E-state index in [1.165, 1.54) is 0 Å². The van der Waals surface area contributed by atoms with Crippen LogP contribution in [0.1, 0.15) is 24.1 Å². The van der Waals surface area contributed by atoms with E-state index >= 15 is 0 Å². The van der Waals surface area contributed by atoms with Gasteiger partial charge in [0.1, 0.15) is 5.82 Å². The Morgan fingerprint density at radius 1 is 1.17 bits per heavy atom. The number of hydrogen-bond acceptors (Lipinski definition) is 4. The van der Waals surface area contributed by atoms with Crippen LogP contribution in [0.4, 0.5) is 5.82 Å². The monoisotopic (exact) mass is 562 g/mol. The molecular weight excluding hydrogens is 534 g/mol. The Morgan fingerprint density at radius 2 is 1.90 bits per heavy atom. The number of halogens is 3. The summed E-state index contributed by atoms with van der Waals surface area (Å²) in [6.07, 6.45) is 1.87. The van der Waals surface area contributed by atoms with Gasteiger partial charge in [0, 0.05) is 56.0 Å². The van der Waals surface area contributed by atoms with E-state index in [0.29, 0.717) is 22.5 Å². The van der Waals surface area contributed by atoms with Crippen LogP contribution >= 0.6 is 47.2 Å². The first-order chi connectivity index (χ1) is 14.0. The van der Waals surface area contributed by atoms with E-state index in [-0.39, 0.29) is 30.0 Å². The Balaban J connectivity index is 0.00000320. The molecule has 3 rings (SSSR count). The Bertz CT molecular complexity index is 855. The fourth-order valence-electron chi connectivity index (χ4n) is 3.29. The van der Waals surface area contributed by atoms with Gasteiger partial charge in [0.25, 0.3) is 0 Å². The molecule has 9 heteroatoms. The van der Waals surface area contributed by atoms with Gasteiger partial charge in [-0.1, -0.05) is 29.3 Å². The fourth-order valence-corrected chi connectivity index (χ4v) is 3.87. The number of nitrogens with one attached hydrogen (secondary N) is 2. The molecule has 1 fully saturated rings. The zero-order chi connectivity index (χ0) is 20.8. The number of pyridine rings is 1. The summed E-state index contributed by atoms with van der Waals surface area (Å²) in [5.74, 6) is 1.74. The number of benzene rings is 1. The molecule has 1 saturated heterocycles. The van der Waals surface area contributed by atoms with Gasteiger partial charge in [0.05, 0.1) is 6.04 Å². The van der Waals surface area contributed by atoms with Gasteiger partial charge in [0.2, 0.25) is 0 Å². The third-order valence-corrected chi connectivity index (χ3v) is 5.67. The number of anilines is 1. The van der Waals surface area contributed by atoms with E-state index in [2.05, 4.69) is 43.5 Å². The lowest BCUT2D eigenvalue weighted by molar-refractivity contribution is 0.312. The Morgan fingerprint density at radius 3 is 2.57 bits per heavy atom. The molecule has 1 aliphatic rings. The molecule has 1 unspecified atom stereocenters. The van der Waals surface area contributed by atoms with Gasteiger partial charge in [-0.2, -0.15) is 0 Å². The molecule has 1 aromatic heterocycles. The quantitative estimate of drug-likeness (QED) is 0.325. The normalized spacial score (nSPS) is 16.0. The molecule has 1 aliphatic heterocycles. The largest absolute Gasteiger partial charge is 0.354 e. The number of rotatable bonds is 5. The molecule has 0 amide bonds. The number of hydrogen-bond donors (Lipinski definition) is 2. The van der Waals surface area contributed by atoms with Crippen LogP contribution in [0.25, 0.3) is 0 Å². The number of nitrogens with zero attached hydrogens (tertiary/aromatic N) is 4. The molecule has 164 valence electrons. The van der Waals surface area contributed by atoms with E-state index < -0.39 is 0 Å². The first kappa shape index (κ1) is 25.0. The Kier molecular flexibility index (Phi) is 9.93. The Labute approximate surface area is 206 Å². The predicted molar refractivity (Wildman–Crippen MR) is 138 cm³/mol. The van der Waals surface area contributed by atoms with Crippen molar-refractivity contribution in [2.75, 3.05) is 45.2 Å². The first-order valence-corrected chi connectivity index (χ1v) is 10.5. The summed E-state index contributed by atoms with van der Waals surface area (Å²) >= 11 is 12.3. The molecular formula is C21H29Cl2IN6. The van der Waals surface area contributed by atoms with Crippen LogP contribution in [0.2, 0.25) is 10.0 Å². The van der Waals surface area contributed by atoms with Gasteiger partial charge >= 0.3 is 0 Å². The highest BCUT2D eigenvalue weighted by molar-refractivity contribution is 14.0. The third-order valence-electron chi connectivity index (χ3n) is 5.10. The second-order valence-corrected chi connectivity index (χ2v) is 8.11. The standard InChI is InChI=1S/C21H28Cl2N6.HI/c1-15(18-5-4-17(22)13-19(18)23)27-21(24-2)26-14-16-6-7-25-20(12-16)29-10-8-28(3)9-11-29;/h4-7,12-13,15H,8-11,14H2,1-3H3,(H2,24,26,27);1H. The predicted octanol–water partition coefficient (Wildman–Crippen LogP) is 4.18. The van der Waals surface area contributed by atoms with E-state index in [1.54, 1.807) is 13.1 Å². The van der Waals surface area contributed by atoms with Gasteiger partial charge in [-0.05, 0) is 49.4 Å². The topological polar surface area (TPSA) is 55.8 Å². The minimum atomic E-state index is -0.00990. The molecule has 2 heterocycles. The molecule has 0 aliphatic carbocycles. The number of piperazine rings is 1. The van der Waals surface area contributed by atoms with Crippen LogP contribution in [0, 0.1) is 0 Å². The first-order valence-electron chi connectivity index (χ1n) is 9.77. The molecule has 2 aromatic rings. The molecule has 0 radical (unpaired) electrons.